The van der Waals surface area contributed by atoms with Crippen molar-refractivity contribution in [2.75, 3.05) is 26.3 Å². The van der Waals surface area contributed by atoms with E-state index in [0.717, 1.165) is 5.56 Å². The average Bonchev–Trinajstić information content (AvgIpc) is 3.30. The van der Waals surface area contributed by atoms with E-state index in [0.29, 0.717) is 25.0 Å². The van der Waals surface area contributed by atoms with Crippen molar-refractivity contribution in [1.29, 1.82) is 0 Å². The molecule has 2 aliphatic rings. The molecule has 15 nitrogen and oxygen atoms in total. The maximum atomic E-state index is 12.4. The minimum Gasteiger partial charge on any atom is -0.479 e. The summed E-state index contributed by atoms with van der Waals surface area (Å²) in [5.74, 6) is -2.52. The number of carboxylic acid groups (broad SMARTS) is 1. The summed E-state index contributed by atoms with van der Waals surface area (Å²) < 4.78 is 22.0. The lowest BCUT2D eigenvalue weighted by molar-refractivity contribution is -0.271. The minimum atomic E-state index is -1.87. The van der Waals surface area contributed by atoms with Crippen LogP contribution in [0.1, 0.15) is 44.7 Å². The van der Waals surface area contributed by atoms with Gasteiger partial charge in [-0.05, 0) is 57.4 Å². The van der Waals surface area contributed by atoms with E-state index in [9.17, 15) is 44.7 Å². The van der Waals surface area contributed by atoms with Gasteiger partial charge in [0.05, 0.1) is 12.0 Å². The largest absolute Gasteiger partial charge is 0.479 e. The Kier molecular flexibility index (Phi) is 12.8. The van der Waals surface area contributed by atoms with Crippen LogP contribution < -0.4 is 10.1 Å². The van der Waals surface area contributed by atoms with E-state index in [2.05, 4.69) is 5.32 Å². The van der Waals surface area contributed by atoms with Gasteiger partial charge < -0.3 is 54.7 Å². The van der Waals surface area contributed by atoms with Crippen molar-refractivity contribution in [3.05, 3.63) is 41.5 Å². The lowest BCUT2D eigenvalue weighted by atomic mass is 9.97. The van der Waals surface area contributed by atoms with Crippen LogP contribution in [0, 0.1) is 5.41 Å². The Morgan fingerprint density at radius 3 is 2.42 bits per heavy atom. The molecular weight excluding hydrogens is 596 g/mol. The highest BCUT2D eigenvalue weighted by Gasteiger charge is 2.48. The van der Waals surface area contributed by atoms with Crippen LogP contribution in [0.5, 0.6) is 5.75 Å². The summed E-state index contributed by atoms with van der Waals surface area (Å²) in [6.45, 7) is 5.89. The van der Waals surface area contributed by atoms with Crippen LogP contribution in [-0.4, -0.2) is 117 Å². The maximum absolute atomic E-state index is 12.4. The van der Waals surface area contributed by atoms with Gasteiger partial charge in [-0.3, -0.25) is 14.4 Å². The third kappa shape index (κ3) is 10.2. The van der Waals surface area contributed by atoms with Crippen LogP contribution in [0.15, 0.2) is 30.4 Å². The lowest BCUT2D eigenvalue weighted by Crippen LogP contribution is -2.61. The van der Waals surface area contributed by atoms with Crippen molar-refractivity contribution in [2.24, 2.45) is 5.41 Å². The van der Waals surface area contributed by atoms with Crippen molar-refractivity contribution in [1.82, 2.24) is 10.2 Å². The molecular formula is C30H42N2O13. The zero-order valence-electron chi connectivity index (χ0n) is 25.5. The third-order valence-electron chi connectivity index (χ3n) is 7.07. The number of carbonyl (C=O) groups is 4. The fraction of sp³-hybridized carbons (Fsp3) is 0.600. The van der Waals surface area contributed by atoms with E-state index in [1.54, 1.807) is 39.0 Å². The van der Waals surface area contributed by atoms with E-state index >= 15 is 0 Å². The number of aliphatic carboxylic acids is 1. The molecule has 1 unspecified atom stereocenters. The quantitative estimate of drug-likeness (QED) is 0.103. The number of nitrogens with zero attached hydrogens (tertiary/aromatic N) is 1. The molecule has 3 rings (SSSR count). The smallest absolute Gasteiger partial charge is 0.335 e. The van der Waals surface area contributed by atoms with Crippen LogP contribution in [0.2, 0.25) is 0 Å². The number of nitrogens with one attached hydrogen (secondary N) is 1. The summed E-state index contributed by atoms with van der Waals surface area (Å²) in [7, 11) is 0. The monoisotopic (exact) mass is 638 g/mol. The van der Waals surface area contributed by atoms with Gasteiger partial charge in [0.25, 0.3) is 0 Å². The van der Waals surface area contributed by atoms with Gasteiger partial charge in [0.2, 0.25) is 18.1 Å². The van der Waals surface area contributed by atoms with Crippen LogP contribution >= 0.6 is 0 Å². The zero-order valence-corrected chi connectivity index (χ0v) is 25.5. The molecule has 2 aliphatic heterocycles. The Labute approximate surface area is 260 Å². The lowest BCUT2D eigenvalue weighted by Gasteiger charge is -2.38. The molecule has 0 bridgehead atoms. The highest BCUT2D eigenvalue weighted by Crippen LogP contribution is 2.29. The van der Waals surface area contributed by atoms with Crippen molar-refractivity contribution >= 4 is 23.8 Å². The molecule has 250 valence electrons. The first-order chi connectivity index (χ1) is 21.2. The summed E-state index contributed by atoms with van der Waals surface area (Å²) in [6.07, 6.45) is -6.13. The summed E-state index contributed by atoms with van der Waals surface area (Å²) in [6, 6.07) is 4.98. The van der Waals surface area contributed by atoms with E-state index in [1.165, 1.54) is 17.1 Å². The van der Waals surface area contributed by atoms with E-state index in [1.807, 2.05) is 0 Å². The van der Waals surface area contributed by atoms with Gasteiger partial charge in [0.1, 0.15) is 36.9 Å². The van der Waals surface area contributed by atoms with Gasteiger partial charge >= 0.3 is 11.9 Å². The number of aryl methyl sites for hydroxylation is 1. The maximum Gasteiger partial charge on any atom is 0.335 e. The molecule has 1 saturated heterocycles. The number of ether oxygens (including phenoxy) is 4. The van der Waals surface area contributed by atoms with Crippen molar-refractivity contribution < 1.29 is 63.7 Å². The first kappa shape index (κ1) is 35.9. The highest BCUT2D eigenvalue weighted by atomic mass is 16.7. The fourth-order valence-electron chi connectivity index (χ4n) is 4.44. The standard InChI is InChI=1S/C30H42N2O13/c1-30(2,3)29(41)43-16-18-15-17(6-7-19(18)44-28-25(38)23(36)24(37)26(45-28)27(39)40)5-4-13-42-14-11-31-20(33)10-12-32-21(34)8-9-22(32)35/h6-9,15,21,23-26,28,34,36-38H,4-5,10-14,16H2,1-3H3,(H,31,33)(H,39,40)/t21?,23-,24-,25+,26-,28+/m0/s1. The molecule has 0 spiro atoms. The van der Waals surface area contributed by atoms with Gasteiger partial charge in [-0.2, -0.15) is 0 Å². The van der Waals surface area contributed by atoms with Crippen LogP contribution in [-0.2, 0) is 46.4 Å². The molecule has 2 heterocycles. The van der Waals surface area contributed by atoms with E-state index in [-0.39, 0.29) is 50.3 Å². The molecule has 1 fully saturated rings. The second-order valence-corrected chi connectivity index (χ2v) is 11.7. The Balaban J connectivity index is 1.51. The Morgan fingerprint density at radius 1 is 1.04 bits per heavy atom. The number of carboxylic acids is 1. The minimum absolute atomic E-state index is 0.0477. The van der Waals surface area contributed by atoms with Gasteiger partial charge in [-0.25, -0.2) is 4.79 Å². The molecule has 0 aromatic heterocycles. The second kappa shape index (κ2) is 16.1. The summed E-state index contributed by atoms with van der Waals surface area (Å²) in [5.41, 5.74) is 0.453. The Morgan fingerprint density at radius 2 is 1.78 bits per heavy atom. The zero-order chi connectivity index (χ0) is 33.3. The number of rotatable bonds is 15. The predicted molar refractivity (Wildman–Crippen MR) is 154 cm³/mol. The average molecular weight is 639 g/mol. The van der Waals surface area contributed by atoms with Crippen molar-refractivity contribution in [3.63, 3.8) is 0 Å². The number of aliphatic hydroxyl groups is 4. The number of aliphatic hydroxyl groups excluding tert-OH is 4. The molecule has 0 radical (unpaired) electrons. The first-order valence-corrected chi connectivity index (χ1v) is 14.6. The number of hydrogen-bond donors (Lipinski definition) is 6. The molecule has 1 aromatic rings. The number of benzene rings is 1. The molecule has 1 aromatic carbocycles. The van der Waals surface area contributed by atoms with E-state index < -0.39 is 54.3 Å². The van der Waals surface area contributed by atoms with E-state index in [4.69, 9.17) is 18.9 Å². The Bertz CT molecular complexity index is 1230. The normalized spacial score (nSPS) is 24.9. The fourth-order valence-corrected chi connectivity index (χ4v) is 4.44. The predicted octanol–water partition coefficient (Wildman–Crippen LogP) is -0.781. The summed E-state index contributed by atoms with van der Waals surface area (Å²) in [5, 5.41) is 52.1. The highest BCUT2D eigenvalue weighted by molar-refractivity contribution is 5.90. The molecule has 45 heavy (non-hydrogen) atoms. The first-order valence-electron chi connectivity index (χ1n) is 14.6. The van der Waals surface area contributed by atoms with Gasteiger partial charge in [0, 0.05) is 37.8 Å². The van der Waals surface area contributed by atoms with Crippen molar-refractivity contribution in [3.8, 4) is 5.75 Å². The second-order valence-electron chi connectivity index (χ2n) is 11.7. The third-order valence-corrected chi connectivity index (χ3v) is 7.07. The van der Waals surface area contributed by atoms with Gasteiger partial charge in [-0.1, -0.05) is 6.07 Å². The van der Waals surface area contributed by atoms with Crippen molar-refractivity contribution in [2.45, 2.75) is 83.6 Å². The van der Waals surface area contributed by atoms with Crippen LogP contribution in [0.3, 0.4) is 0 Å². The SMILES string of the molecule is CC(C)(C)C(=O)OCc1cc(CCCOCCNC(=O)CCN2C(=O)C=CC2O)ccc1O[C@@H]1O[C@H](C(=O)O)[C@@H](O)[C@H](O)[C@H]1O. The summed E-state index contributed by atoms with van der Waals surface area (Å²) in [4.78, 5) is 48.6. The molecule has 15 heteroatoms. The number of amides is 2. The topological polar surface area (TPSA) is 222 Å². The van der Waals surface area contributed by atoms with Crippen LogP contribution in [0.4, 0.5) is 0 Å². The van der Waals surface area contributed by atoms with Crippen LogP contribution in [0.25, 0.3) is 0 Å². The molecule has 2 amide bonds. The van der Waals surface area contributed by atoms with Gasteiger partial charge in [0.15, 0.2) is 6.10 Å². The van der Waals surface area contributed by atoms with Gasteiger partial charge in [-0.15, -0.1) is 0 Å². The molecule has 6 N–H and O–H groups in total. The molecule has 0 saturated carbocycles. The number of esters is 1. The number of carbonyl (C=O) groups excluding carboxylic acids is 3. The summed E-state index contributed by atoms with van der Waals surface area (Å²) >= 11 is 0. The Hall–Kier alpha value is -3.60. The number of hydrogen-bond acceptors (Lipinski definition) is 12. The molecule has 6 atom stereocenters. The molecule has 0 aliphatic carbocycles.